The Morgan fingerprint density at radius 2 is 2.05 bits per heavy atom. The van der Waals surface area contributed by atoms with Crippen molar-refractivity contribution in [3.05, 3.63) is 53.2 Å². The molecule has 112 valence electrons. The van der Waals surface area contributed by atoms with Gasteiger partial charge in [0.25, 0.3) is 11.8 Å². The van der Waals surface area contributed by atoms with E-state index < -0.39 is 12.1 Å². The molecule has 0 saturated carbocycles. The lowest BCUT2D eigenvalue weighted by atomic mass is 10.2. The van der Waals surface area contributed by atoms with Crippen molar-refractivity contribution < 1.29 is 19.1 Å². The third-order valence-corrected chi connectivity index (χ3v) is 3.77. The molecule has 0 spiro atoms. The maximum Gasteiger partial charge on any atom is 0.338 e. The molecule has 22 heavy (non-hydrogen) atoms. The molecule has 0 aliphatic carbocycles. The number of benzene rings is 1. The zero-order valence-corrected chi connectivity index (χ0v) is 12.4. The Hall–Kier alpha value is -2.67. The molecule has 3 rings (SSSR count). The lowest BCUT2D eigenvalue weighted by Gasteiger charge is -2.09. The second-order valence-corrected chi connectivity index (χ2v) is 5.46. The quantitative estimate of drug-likeness (QED) is 0.742. The van der Waals surface area contributed by atoms with Crippen LogP contribution < -0.4 is 0 Å². The van der Waals surface area contributed by atoms with Gasteiger partial charge in [0, 0.05) is 0 Å². The average Bonchev–Trinajstić information content (AvgIpc) is 3.19. The van der Waals surface area contributed by atoms with Crippen LogP contribution in [0.25, 0.3) is 10.8 Å². The van der Waals surface area contributed by atoms with Gasteiger partial charge < -0.3 is 14.3 Å². The number of rotatable bonds is 4. The Morgan fingerprint density at radius 1 is 1.27 bits per heavy atom. The Kier molecular flexibility index (Phi) is 3.88. The van der Waals surface area contributed by atoms with Gasteiger partial charge in [-0.15, -0.1) is 21.5 Å². The summed E-state index contributed by atoms with van der Waals surface area (Å²) in [5.41, 5.74) is 0.336. The highest BCUT2D eigenvalue weighted by molar-refractivity contribution is 7.13. The molecule has 3 aromatic rings. The Labute approximate surface area is 130 Å². The van der Waals surface area contributed by atoms with Crippen LogP contribution in [0.1, 0.15) is 29.3 Å². The fraction of sp³-hybridized carbons (Fsp3) is 0.133. The Bertz CT molecular complexity index is 765. The minimum atomic E-state index is -0.664. The van der Waals surface area contributed by atoms with Crippen molar-refractivity contribution in [2.45, 2.75) is 13.0 Å². The average molecular weight is 316 g/mol. The van der Waals surface area contributed by atoms with Gasteiger partial charge in [0.05, 0.1) is 10.4 Å². The summed E-state index contributed by atoms with van der Waals surface area (Å²) in [6.45, 7) is 1.66. The van der Waals surface area contributed by atoms with E-state index in [1.165, 1.54) is 35.6 Å². The minimum absolute atomic E-state index is 0.0853. The molecule has 1 N–H and O–H groups in total. The number of aromatic nitrogens is 2. The summed E-state index contributed by atoms with van der Waals surface area (Å²) in [4.78, 5) is 12.8. The first-order valence-electron chi connectivity index (χ1n) is 6.51. The molecule has 1 atom stereocenters. The number of thiophene rings is 1. The van der Waals surface area contributed by atoms with Gasteiger partial charge in [-0.25, -0.2) is 4.79 Å². The summed E-state index contributed by atoms with van der Waals surface area (Å²) in [5, 5.41) is 19.0. The second kappa shape index (κ2) is 5.98. The number of aromatic hydroxyl groups is 1. The van der Waals surface area contributed by atoms with Crippen molar-refractivity contribution in [2.75, 3.05) is 0 Å². The molecule has 7 heteroatoms. The number of hydrogen-bond donors (Lipinski definition) is 1. The van der Waals surface area contributed by atoms with Gasteiger partial charge in [0.1, 0.15) is 5.75 Å². The molecule has 0 radical (unpaired) electrons. The van der Waals surface area contributed by atoms with Crippen molar-refractivity contribution in [3.63, 3.8) is 0 Å². The van der Waals surface area contributed by atoms with Crippen LogP contribution in [-0.4, -0.2) is 21.3 Å². The van der Waals surface area contributed by atoms with E-state index in [9.17, 15) is 9.90 Å². The van der Waals surface area contributed by atoms with Crippen LogP contribution in [-0.2, 0) is 4.74 Å². The topological polar surface area (TPSA) is 85.5 Å². The molecule has 0 amide bonds. The summed E-state index contributed by atoms with van der Waals surface area (Å²) in [6, 6.07) is 9.56. The fourth-order valence-electron chi connectivity index (χ4n) is 1.78. The molecule has 2 aromatic heterocycles. The molecule has 0 aliphatic rings. The van der Waals surface area contributed by atoms with Gasteiger partial charge in [-0.1, -0.05) is 6.07 Å². The number of carbonyl (C=O) groups excluding carboxylic acids is 1. The van der Waals surface area contributed by atoms with Crippen LogP contribution in [0.5, 0.6) is 5.75 Å². The first kappa shape index (κ1) is 14.3. The third-order valence-electron chi connectivity index (χ3n) is 2.91. The van der Waals surface area contributed by atoms with Gasteiger partial charge >= 0.3 is 5.97 Å². The first-order chi connectivity index (χ1) is 10.6. The maximum atomic E-state index is 12.0. The second-order valence-electron chi connectivity index (χ2n) is 4.52. The summed E-state index contributed by atoms with van der Waals surface area (Å²) in [7, 11) is 0. The van der Waals surface area contributed by atoms with Crippen molar-refractivity contribution in [3.8, 4) is 16.5 Å². The van der Waals surface area contributed by atoms with E-state index in [4.69, 9.17) is 9.15 Å². The molecule has 0 saturated heterocycles. The predicted octanol–water partition coefficient (Wildman–Crippen LogP) is 3.42. The monoisotopic (exact) mass is 316 g/mol. The molecule has 2 heterocycles. The molecular weight excluding hydrogens is 304 g/mol. The highest BCUT2D eigenvalue weighted by atomic mass is 32.1. The zero-order chi connectivity index (χ0) is 15.5. The summed E-state index contributed by atoms with van der Waals surface area (Å²) in [6.07, 6.45) is -0.664. The minimum Gasteiger partial charge on any atom is -0.508 e. The summed E-state index contributed by atoms with van der Waals surface area (Å²) < 4.78 is 10.8. The zero-order valence-electron chi connectivity index (χ0n) is 11.6. The molecule has 0 aliphatic heterocycles. The molecule has 0 unspecified atom stereocenters. The number of hydrogen-bond acceptors (Lipinski definition) is 7. The largest absolute Gasteiger partial charge is 0.508 e. The highest BCUT2D eigenvalue weighted by Gasteiger charge is 2.20. The van der Waals surface area contributed by atoms with Crippen LogP contribution in [0, 0.1) is 0 Å². The van der Waals surface area contributed by atoms with Crippen LogP contribution in [0.4, 0.5) is 0 Å². The van der Waals surface area contributed by atoms with Crippen LogP contribution in [0.15, 0.2) is 46.2 Å². The van der Waals surface area contributed by atoms with Gasteiger partial charge in [0.15, 0.2) is 6.10 Å². The number of carbonyl (C=O) groups is 1. The van der Waals surface area contributed by atoms with E-state index in [1.54, 1.807) is 6.92 Å². The molecular formula is C15H12N2O4S. The van der Waals surface area contributed by atoms with Gasteiger partial charge in [-0.2, -0.15) is 0 Å². The summed E-state index contributed by atoms with van der Waals surface area (Å²) in [5.74, 6) is 0.193. The standard InChI is InChI=1S/C15H12N2O4S/c1-9(20-15(19)10-4-6-11(18)7-5-10)13-16-17-14(21-13)12-3-2-8-22-12/h2-9,18H,1H3/t9-/m1/s1. The van der Waals surface area contributed by atoms with E-state index in [-0.39, 0.29) is 11.6 Å². The third kappa shape index (κ3) is 2.99. The van der Waals surface area contributed by atoms with Crippen LogP contribution >= 0.6 is 11.3 Å². The van der Waals surface area contributed by atoms with Crippen molar-refractivity contribution in [2.24, 2.45) is 0 Å². The number of phenolic OH excluding ortho intramolecular Hbond substituents is 1. The summed E-state index contributed by atoms with van der Waals surface area (Å²) >= 11 is 1.49. The Morgan fingerprint density at radius 3 is 2.73 bits per heavy atom. The smallest absolute Gasteiger partial charge is 0.338 e. The van der Waals surface area contributed by atoms with Crippen molar-refractivity contribution >= 4 is 17.3 Å². The predicted molar refractivity (Wildman–Crippen MR) is 79.5 cm³/mol. The SMILES string of the molecule is C[C@@H](OC(=O)c1ccc(O)cc1)c1nnc(-c2cccs2)o1. The van der Waals surface area contributed by atoms with E-state index in [2.05, 4.69) is 10.2 Å². The highest BCUT2D eigenvalue weighted by Crippen LogP contribution is 2.26. The van der Waals surface area contributed by atoms with E-state index in [0.717, 1.165) is 4.88 Å². The maximum absolute atomic E-state index is 12.0. The number of phenols is 1. The van der Waals surface area contributed by atoms with Gasteiger partial charge in [0.2, 0.25) is 0 Å². The van der Waals surface area contributed by atoms with E-state index in [1.807, 2.05) is 17.5 Å². The van der Waals surface area contributed by atoms with Gasteiger partial charge in [-0.3, -0.25) is 0 Å². The van der Waals surface area contributed by atoms with Crippen molar-refractivity contribution in [1.82, 2.24) is 10.2 Å². The van der Waals surface area contributed by atoms with E-state index in [0.29, 0.717) is 11.5 Å². The number of nitrogens with zero attached hydrogens (tertiary/aromatic N) is 2. The molecule has 0 bridgehead atoms. The molecule has 1 aromatic carbocycles. The lowest BCUT2D eigenvalue weighted by Crippen LogP contribution is -2.09. The number of ether oxygens (including phenoxy) is 1. The number of esters is 1. The lowest BCUT2D eigenvalue weighted by molar-refractivity contribution is 0.0280. The Balaban J connectivity index is 1.70. The van der Waals surface area contributed by atoms with Crippen molar-refractivity contribution in [1.29, 1.82) is 0 Å². The molecule has 0 fully saturated rings. The fourth-order valence-corrected chi connectivity index (χ4v) is 2.42. The normalized spacial score (nSPS) is 12.0. The first-order valence-corrected chi connectivity index (χ1v) is 7.39. The van der Waals surface area contributed by atoms with Gasteiger partial charge in [-0.05, 0) is 42.6 Å². The van der Waals surface area contributed by atoms with Crippen LogP contribution in [0.2, 0.25) is 0 Å². The van der Waals surface area contributed by atoms with Crippen LogP contribution in [0.3, 0.4) is 0 Å². The van der Waals surface area contributed by atoms with E-state index >= 15 is 0 Å². The molecule has 6 nitrogen and oxygen atoms in total.